The van der Waals surface area contributed by atoms with Crippen molar-refractivity contribution in [3.63, 3.8) is 0 Å². The number of Topliss-reactive ketones (excluding diaryl/α,β-unsaturated/α-hetero) is 4. The van der Waals surface area contributed by atoms with Crippen molar-refractivity contribution in [2.24, 2.45) is 28.9 Å². The molecular formula is C25H29N3O9. The first kappa shape index (κ1) is 26.6. The zero-order valence-corrected chi connectivity index (χ0v) is 20.9. The van der Waals surface area contributed by atoms with Crippen LogP contribution in [0.15, 0.2) is 12.1 Å². The molecule has 0 bridgehead atoms. The van der Waals surface area contributed by atoms with Crippen molar-refractivity contribution in [3.05, 3.63) is 28.8 Å². The first-order valence-electron chi connectivity index (χ1n) is 11.7. The molecule has 2 fully saturated rings. The molecule has 0 saturated heterocycles. The fourth-order valence-electron chi connectivity index (χ4n) is 6.55. The smallest absolute Gasteiger partial charge is 0.313 e. The largest absolute Gasteiger partial charge is 0.507 e. The highest BCUT2D eigenvalue weighted by atomic mass is 16.5. The number of likely N-dealkylation sites (N-methyl/N-ethyl adjacent to an activating group) is 1. The van der Waals surface area contributed by atoms with Gasteiger partial charge in [-0.1, -0.05) is 6.07 Å². The number of benzene rings is 1. The molecule has 6 atom stereocenters. The van der Waals surface area contributed by atoms with Crippen molar-refractivity contribution in [2.75, 3.05) is 28.3 Å². The first-order valence-corrected chi connectivity index (χ1v) is 11.7. The van der Waals surface area contributed by atoms with Gasteiger partial charge in [0, 0.05) is 12.5 Å². The molecule has 0 aromatic heterocycles. The van der Waals surface area contributed by atoms with Gasteiger partial charge >= 0.3 is 5.97 Å². The van der Waals surface area contributed by atoms with Crippen LogP contribution in [0, 0.1) is 23.2 Å². The number of ketones is 4. The Bertz CT molecular complexity index is 1260. The minimum Gasteiger partial charge on any atom is -0.507 e. The Labute approximate surface area is 212 Å². The summed E-state index contributed by atoms with van der Waals surface area (Å²) in [5, 5.41) is 25.2. The molecule has 4 rings (SSSR count). The lowest BCUT2D eigenvalue weighted by atomic mass is 9.46. The van der Waals surface area contributed by atoms with E-state index in [1.807, 2.05) is 0 Å². The third-order valence-electron chi connectivity index (χ3n) is 8.09. The SMILES string of the molecule is CNCc1ccc(O)c2c1C[C@@]1(C(=O)OC)C[C@H]3[C@H](N(C)C)C(=O)C(C(N)=O)C(=O)[C@@]3(O)C(=O)C1C2=O. The summed E-state index contributed by atoms with van der Waals surface area (Å²) in [7, 11) is 5.68. The van der Waals surface area contributed by atoms with E-state index in [9.17, 15) is 39.0 Å². The van der Waals surface area contributed by atoms with Gasteiger partial charge in [0.25, 0.3) is 0 Å². The molecule has 2 unspecified atom stereocenters. The molecular weight excluding hydrogens is 486 g/mol. The second-order valence-corrected chi connectivity index (χ2v) is 10.2. The van der Waals surface area contributed by atoms with Gasteiger partial charge in [-0.15, -0.1) is 0 Å². The molecule has 0 heterocycles. The van der Waals surface area contributed by atoms with E-state index in [2.05, 4.69) is 5.32 Å². The number of phenols is 1. The molecule has 0 radical (unpaired) electrons. The van der Waals surface area contributed by atoms with Gasteiger partial charge in [0.05, 0.1) is 24.1 Å². The molecule has 37 heavy (non-hydrogen) atoms. The number of rotatable bonds is 5. The van der Waals surface area contributed by atoms with Crippen LogP contribution in [-0.2, 0) is 41.7 Å². The number of aliphatic hydroxyl groups is 1. The number of hydrogen-bond donors (Lipinski definition) is 4. The zero-order chi connectivity index (χ0) is 27.6. The normalized spacial score (nSPS) is 33.0. The lowest BCUT2D eigenvalue weighted by molar-refractivity contribution is -0.193. The predicted octanol–water partition coefficient (Wildman–Crippen LogP) is -1.87. The van der Waals surface area contributed by atoms with Crippen LogP contribution in [0.25, 0.3) is 0 Å². The molecule has 0 aliphatic heterocycles. The van der Waals surface area contributed by atoms with Crippen molar-refractivity contribution >= 4 is 35.0 Å². The number of carbonyl (C=O) groups is 6. The molecule has 0 spiro atoms. The highest BCUT2D eigenvalue weighted by Gasteiger charge is 2.74. The van der Waals surface area contributed by atoms with Gasteiger partial charge in [-0.05, 0) is 51.2 Å². The highest BCUT2D eigenvalue weighted by molar-refractivity contribution is 6.33. The van der Waals surface area contributed by atoms with Crippen molar-refractivity contribution < 1.29 is 43.7 Å². The van der Waals surface area contributed by atoms with Crippen LogP contribution >= 0.6 is 0 Å². The van der Waals surface area contributed by atoms with Crippen LogP contribution in [0.2, 0.25) is 0 Å². The van der Waals surface area contributed by atoms with Crippen molar-refractivity contribution in [1.29, 1.82) is 0 Å². The minimum absolute atomic E-state index is 0.192. The van der Waals surface area contributed by atoms with E-state index in [0.717, 1.165) is 7.11 Å². The molecule has 12 nitrogen and oxygen atoms in total. The summed E-state index contributed by atoms with van der Waals surface area (Å²) < 4.78 is 5.05. The summed E-state index contributed by atoms with van der Waals surface area (Å²) in [4.78, 5) is 81.5. The topological polar surface area (TPSA) is 193 Å². The van der Waals surface area contributed by atoms with E-state index >= 15 is 0 Å². The monoisotopic (exact) mass is 515 g/mol. The Hall–Kier alpha value is -3.48. The number of fused-ring (bicyclic) bond motifs is 3. The number of methoxy groups -OCH3 is 1. The molecule has 12 heteroatoms. The Morgan fingerprint density at radius 1 is 1.19 bits per heavy atom. The molecule has 3 aliphatic carbocycles. The number of carbonyl (C=O) groups excluding carboxylic acids is 6. The Morgan fingerprint density at radius 3 is 2.38 bits per heavy atom. The van der Waals surface area contributed by atoms with Crippen LogP contribution in [0.3, 0.4) is 0 Å². The number of nitrogens with zero attached hydrogens (tertiary/aromatic N) is 1. The number of phenolic OH excluding ortho intramolecular Hbond substituents is 1. The summed E-state index contributed by atoms with van der Waals surface area (Å²) in [6.07, 6.45) is -0.671. The van der Waals surface area contributed by atoms with Crippen LogP contribution in [0.4, 0.5) is 0 Å². The number of ether oxygens (including phenoxy) is 1. The average Bonchev–Trinajstić information content (AvgIpc) is 2.82. The van der Waals surface area contributed by atoms with Gasteiger partial charge < -0.3 is 26.0 Å². The van der Waals surface area contributed by atoms with Crippen molar-refractivity contribution in [3.8, 4) is 5.75 Å². The van der Waals surface area contributed by atoms with E-state index in [4.69, 9.17) is 10.5 Å². The molecule has 1 aromatic carbocycles. The van der Waals surface area contributed by atoms with E-state index in [1.165, 1.54) is 25.1 Å². The van der Waals surface area contributed by atoms with Crippen LogP contribution in [0.5, 0.6) is 5.75 Å². The average molecular weight is 516 g/mol. The maximum absolute atomic E-state index is 14.1. The van der Waals surface area contributed by atoms with Gasteiger partial charge in [0.2, 0.25) is 5.91 Å². The third-order valence-corrected chi connectivity index (χ3v) is 8.09. The van der Waals surface area contributed by atoms with E-state index < -0.39 is 82.0 Å². The highest BCUT2D eigenvalue weighted by Crippen LogP contribution is 2.57. The fourth-order valence-corrected chi connectivity index (χ4v) is 6.55. The molecule has 5 N–H and O–H groups in total. The number of aromatic hydroxyl groups is 1. The van der Waals surface area contributed by atoms with Crippen LogP contribution in [-0.4, -0.2) is 90.0 Å². The Balaban J connectivity index is 2.02. The number of nitrogens with one attached hydrogen (secondary N) is 1. The van der Waals surface area contributed by atoms with Gasteiger partial charge in [0.1, 0.15) is 11.7 Å². The predicted molar refractivity (Wildman–Crippen MR) is 125 cm³/mol. The standard InChI is InChI=1S/C25H29N3O9/c1-27-9-10-5-6-13(29)14-11(10)7-24(23(35)37-4)8-12-17(28(2)3)19(31)15(22(26)34)20(32)25(12,36)21(33)16(24)18(14)30/h5-6,12,15-17,27,29,36H,7-9H2,1-4H3,(H2,26,34)/t12-,15?,16?,17-,24+,25+/m0/s1. The van der Waals surface area contributed by atoms with Gasteiger partial charge in [-0.25, -0.2) is 0 Å². The van der Waals surface area contributed by atoms with Crippen LogP contribution < -0.4 is 11.1 Å². The molecule has 3 aliphatic rings. The second kappa shape index (κ2) is 8.82. The van der Waals surface area contributed by atoms with Crippen molar-refractivity contribution in [1.82, 2.24) is 10.2 Å². The summed E-state index contributed by atoms with van der Waals surface area (Å²) in [6, 6.07) is 1.52. The van der Waals surface area contributed by atoms with Gasteiger partial charge in [0.15, 0.2) is 34.7 Å². The van der Waals surface area contributed by atoms with Crippen molar-refractivity contribution in [2.45, 2.75) is 31.0 Å². The van der Waals surface area contributed by atoms with Crippen LogP contribution in [0.1, 0.15) is 27.9 Å². The number of esters is 1. The maximum Gasteiger partial charge on any atom is 0.313 e. The molecule has 2 saturated carbocycles. The fraction of sp³-hybridized carbons (Fsp3) is 0.520. The summed E-state index contributed by atoms with van der Waals surface area (Å²) in [6.45, 7) is 0.275. The molecule has 1 amide bonds. The first-order chi connectivity index (χ1) is 17.3. The van der Waals surface area contributed by atoms with Gasteiger partial charge in [-0.3, -0.25) is 33.7 Å². The van der Waals surface area contributed by atoms with E-state index in [-0.39, 0.29) is 18.5 Å². The summed E-state index contributed by atoms with van der Waals surface area (Å²) in [5.74, 6) is -12.8. The number of hydrogen-bond acceptors (Lipinski definition) is 11. The minimum atomic E-state index is -2.95. The Kier molecular flexibility index (Phi) is 6.34. The zero-order valence-electron chi connectivity index (χ0n) is 20.9. The summed E-state index contributed by atoms with van der Waals surface area (Å²) in [5.41, 5.74) is 1.21. The maximum atomic E-state index is 14.1. The van der Waals surface area contributed by atoms with E-state index in [1.54, 1.807) is 13.1 Å². The number of nitrogens with two attached hydrogens (primary N) is 1. The van der Waals surface area contributed by atoms with Gasteiger partial charge in [-0.2, -0.15) is 0 Å². The van der Waals surface area contributed by atoms with E-state index in [0.29, 0.717) is 11.1 Å². The molecule has 198 valence electrons. The Morgan fingerprint density at radius 2 is 1.84 bits per heavy atom. The third kappa shape index (κ3) is 3.39. The number of amides is 1. The summed E-state index contributed by atoms with van der Waals surface area (Å²) >= 11 is 0. The molecule has 1 aromatic rings. The quantitative estimate of drug-likeness (QED) is 0.253. The second-order valence-electron chi connectivity index (χ2n) is 10.2. The lowest BCUT2D eigenvalue weighted by Gasteiger charge is -2.56. The number of primary amides is 1. The lowest BCUT2D eigenvalue weighted by Crippen LogP contribution is -2.76.